The number of nitrogens with two attached hydrogens (primary N) is 2. The normalized spacial score (nSPS) is 31.1. The first-order chi connectivity index (χ1) is 23.0. The van der Waals surface area contributed by atoms with Gasteiger partial charge in [0.15, 0.2) is 35.4 Å². The van der Waals surface area contributed by atoms with E-state index in [-0.39, 0.29) is 34.0 Å². The highest BCUT2D eigenvalue weighted by Crippen LogP contribution is 2.67. The van der Waals surface area contributed by atoms with Gasteiger partial charge in [-0.2, -0.15) is 4.31 Å². The van der Waals surface area contributed by atoms with Gasteiger partial charge in [0, 0.05) is 0 Å². The molecular weight excluding hydrogens is 724 g/mol. The number of imidazole rings is 2. The molecule has 0 aromatic carbocycles. The van der Waals surface area contributed by atoms with E-state index in [1.807, 2.05) is 0 Å². The minimum absolute atomic E-state index is 0.0247. The molecule has 264 valence electrons. The van der Waals surface area contributed by atoms with E-state index in [0.717, 1.165) is 12.7 Å². The Hall–Kier alpha value is -3.03. The number of rotatable bonds is 12. The summed E-state index contributed by atoms with van der Waals surface area (Å²) in [6.45, 7) is -1.89. The monoisotopic (exact) mass is 750 g/mol. The van der Waals surface area contributed by atoms with Crippen LogP contribution in [-0.2, 0) is 40.8 Å². The lowest BCUT2D eigenvalue weighted by Crippen LogP contribution is -2.33. The van der Waals surface area contributed by atoms with Crippen molar-refractivity contribution in [2.45, 2.75) is 49.1 Å². The van der Waals surface area contributed by atoms with Crippen LogP contribution in [-0.4, -0.2) is 127 Å². The number of nitrogens with zero attached hydrogens (tertiary/aromatic N) is 8. The fraction of sp³-hybridized carbons (Fsp3) is 0.500. The molecule has 6 rings (SSSR count). The predicted octanol–water partition coefficient (Wildman–Crippen LogP) is -2.39. The van der Waals surface area contributed by atoms with Crippen molar-refractivity contribution in [1.29, 1.82) is 0 Å². The Morgan fingerprint density at radius 1 is 0.694 bits per heavy atom. The maximum Gasteiger partial charge on any atom is 0.487 e. The summed E-state index contributed by atoms with van der Waals surface area (Å²) in [6, 6.07) is 0. The summed E-state index contributed by atoms with van der Waals surface area (Å²) >= 11 is 0. The highest BCUT2D eigenvalue weighted by molar-refractivity contribution is 7.84. The molecule has 0 spiro atoms. The maximum atomic E-state index is 12.6. The third-order valence-corrected chi connectivity index (χ3v) is 11.6. The van der Waals surface area contributed by atoms with Crippen molar-refractivity contribution >= 4 is 64.6 Å². The number of aliphatic hydroxyl groups is 4. The van der Waals surface area contributed by atoms with Crippen LogP contribution in [0.1, 0.15) is 12.5 Å². The topological polar surface area (TPSA) is 367 Å². The van der Waals surface area contributed by atoms with Crippen LogP contribution >= 0.6 is 23.1 Å². The second-order valence-electron chi connectivity index (χ2n) is 10.5. The standard InChI is InChI=1S/C20H26BN10O15P3/c21-47(36,41-1-7-11(32)13(34)19(43-7)30-5-28-9-15(22)24-3-26-17(9)30)45-49(39,40)46-48(37,38)42-2-8-12(33)14(35)20(44-8)31-6-29-10-16(23)25-4-27-18(10)31/h3-8,11-14,19-20,32-35H,1-2H2,(H,37,38)(H,39,40)(H2,22,24,26)(H2,23,25,27)/t7-,8-,11-,12-,13-,14-,19-,20-,47?/m1/s1. The zero-order valence-corrected chi connectivity index (χ0v) is 27.0. The predicted molar refractivity (Wildman–Crippen MR) is 158 cm³/mol. The summed E-state index contributed by atoms with van der Waals surface area (Å²) in [4.78, 5) is 43.7. The molecule has 2 radical (unpaired) electrons. The van der Waals surface area contributed by atoms with Gasteiger partial charge in [0.05, 0.1) is 25.9 Å². The number of nitrogen functional groups attached to an aromatic ring is 2. The van der Waals surface area contributed by atoms with Gasteiger partial charge in [-0.3, -0.25) is 18.2 Å². The average Bonchev–Trinajstić information content (AvgIpc) is 3.77. The summed E-state index contributed by atoms with van der Waals surface area (Å²) in [5.74, 6) is 0.0570. The number of hydrogen-bond acceptors (Lipinski definition) is 21. The zero-order valence-electron chi connectivity index (χ0n) is 24.4. The molecule has 49 heavy (non-hydrogen) atoms. The van der Waals surface area contributed by atoms with Crippen molar-refractivity contribution in [3.05, 3.63) is 25.3 Å². The van der Waals surface area contributed by atoms with Crippen LogP contribution in [0.4, 0.5) is 11.6 Å². The van der Waals surface area contributed by atoms with Gasteiger partial charge in [-0.05, 0) is 0 Å². The number of phosphoric ester groups is 1. The van der Waals surface area contributed by atoms with E-state index < -0.39 is 85.4 Å². The number of aliphatic hydroxyl groups excluding tert-OH is 4. The van der Waals surface area contributed by atoms with E-state index in [2.05, 4.69) is 43.0 Å². The van der Waals surface area contributed by atoms with Crippen molar-refractivity contribution in [1.82, 2.24) is 39.0 Å². The molecule has 25 nitrogen and oxygen atoms in total. The Morgan fingerprint density at radius 2 is 1.14 bits per heavy atom. The quantitative estimate of drug-likeness (QED) is 0.0553. The minimum atomic E-state index is -5.81. The molecular formula is C20H26BN10O15P3. The smallest absolute Gasteiger partial charge is 0.387 e. The fourth-order valence-electron chi connectivity index (χ4n) is 4.99. The summed E-state index contributed by atoms with van der Waals surface area (Å²) in [7, 11) is -11.2. The Balaban J connectivity index is 1.03. The molecule has 2 aliphatic heterocycles. The molecule has 4 aromatic rings. The van der Waals surface area contributed by atoms with E-state index in [0.29, 0.717) is 0 Å². The molecule has 29 heteroatoms. The number of hydrogen-bond donors (Lipinski definition) is 8. The summed E-state index contributed by atoms with van der Waals surface area (Å²) in [5, 5.41) is 41.9. The maximum absolute atomic E-state index is 12.6. The molecule has 0 amide bonds. The van der Waals surface area contributed by atoms with Gasteiger partial charge in [0.25, 0.3) is 7.47 Å². The van der Waals surface area contributed by atoms with Crippen molar-refractivity contribution in [2.75, 3.05) is 24.7 Å². The Labute approximate surface area is 273 Å². The molecule has 11 atom stereocenters. The van der Waals surface area contributed by atoms with Gasteiger partial charge in [-0.25, -0.2) is 43.3 Å². The molecule has 0 bridgehead atoms. The van der Waals surface area contributed by atoms with Crippen molar-refractivity contribution in [3.63, 3.8) is 0 Å². The van der Waals surface area contributed by atoms with Crippen LogP contribution in [0.15, 0.2) is 25.3 Å². The van der Waals surface area contributed by atoms with E-state index in [9.17, 15) is 43.9 Å². The zero-order chi connectivity index (χ0) is 35.5. The van der Waals surface area contributed by atoms with E-state index in [4.69, 9.17) is 33.0 Å². The molecule has 10 N–H and O–H groups in total. The lowest BCUT2D eigenvalue weighted by atomic mass is 10.1. The second-order valence-corrected chi connectivity index (χ2v) is 15.3. The van der Waals surface area contributed by atoms with Crippen molar-refractivity contribution in [2.24, 2.45) is 0 Å². The number of fused-ring (bicyclic) bond motifs is 2. The van der Waals surface area contributed by atoms with Gasteiger partial charge in [-0.15, -0.1) is 0 Å². The van der Waals surface area contributed by atoms with Gasteiger partial charge in [-0.1, -0.05) is 0 Å². The first-order valence-electron chi connectivity index (χ1n) is 13.6. The number of anilines is 2. The molecule has 0 aliphatic carbocycles. The molecule has 6 heterocycles. The average molecular weight is 750 g/mol. The number of aromatic nitrogens is 8. The first kappa shape index (κ1) is 35.8. The van der Waals surface area contributed by atoms with E-state index >= 15 is 0 Å². The molecule has 4 aromatic heterocycles. The summed E-state index contributed by atoms with van der Waals surface area (Å²) < 4.78 is 69.0. The van der Waals surface area contributed by atoms with Gasteiger partial charge < -0.3 is 55.7 Å². The van der Waals surface area contributed by atoms with Crippen LogP contribution in [0.3, 0.4) is 0 Å². The largest absolute Gasteiger partial charge is 0.487 e. The lowest BCUT2D eigenvalue weighted by Gasteiger charge is -2.22. The van der Waals surface area contributed by atoms with Crippen LogP contribution in [0.2, 0.25) is 0 Å². The fourth-order valence-corrected chi connectivity index (χ4v) is 8.64. The SMILES string of the molecule is [B]P(=O)(OC[C@H]1O[C@@H](n2cnc3c(N)ncnc32)[C@H](O)[C@@H]1O)OP(=O)(O)OP(=O)(O)OC[C@H]1O[C@@H](n2cnc3c(N)ncnc32)[C@H](O)[C@@H]1O. The summed E-state index contributed by atoms with van der Waals surface area (Å²) in [6.07, 6.45) is -7.61. The third-order valence-electron chi connectivity index (χ3n) is 7.24. The number of ether oxygens (including phenoxy) is 2. The third kappa shape index (κ3) is 7.26. The molecule has 2 fully saturated rings. The van der Waals surface area contributed by atoms with Crippen LogP contribution < -0.4 is 11.5 Å². The van der Waals surface area contributed by atoms with Crippen LogP contribution in [0, 0.1) is 0 Å². The van der Waals surface area contributed by atoms with Crippen LogP contribution in [0.25, 0.3) is 22.3 Å². The van der Waals surface area contributed by atoms with E-state index in [1.165, 1.54) is 21.8 Å². The van der Waals surface area contributed by atoms with Gasteiger partial charge >= 0.3 is 15.6 Å². The highest BCUT2D eigenvalue weighted by atomic mass is 31.3. The van der Waals surface area contributed by atoms with Crippen molar-refractivity contribution < 1.29 is 71.1 Å². The molecule has 2 aliphatic rings. The Morgan fingerprint density at radius 3 is 1.61 bits per heavy atom. The van der Waals surface area contributed by atoms with Gasteiger partial charge in [0.1, 0.15) is 60.3 Å². The minimum Gasteiger partial charge on any atom is -0.387 e. The highest BCUT2D eigenvalue weighted by Gasteiger charge is 2.48. The summed E-state index contributed by atoms with van der Waals surface area (Å²) in [5.41, 5.74) is 12.1. The van der Waals surface area contributed by atoms with Crippen molar-refractivity contribution in [3.8, 4) is 0 Å². The molecule has 3 unspecified atom stereocenters. The van der Waals surface area contributed by atoms with E-state index in [1.54, 1.807) is 0 Å². The number of phosphoric acid groups is 2. The van der Waals surface area contributed by atoms with Crippen LogP contribution in [0.5, 0.6) is 0 Å². The van der Waals surface area contributed by atoms with Gasteiger partial charge in [0.2, 0.25) is 7.57 Å². The lowest BCUT2D eigenvalue weighted by molar-refractivity contribution is -0.0504. The second kappa shape index (κ2) is 13.3. The molecule has 0 saturated carbocycles. The Kier molecular flexibility index (Phi) is 9.69. The Bertz CT molecular complexity index is 1870. The first-order valence-corrected chi connectivity index (χ1v) is 18.2. The molecule has 2 saturated heterocycles.